The Morgan fingerprint density at radius 3 is 2.05 bits per heavy atom. The Kier molecular flexibility index (Phi) is 9.95. The largest absolute Gasteiger partial charge is 0.497 e. The molecule has 0 radical (unpaired) electrons. The second-order valence-corrected chi connectivity index (χ2v) is 10.8. The van der Waals surface area contributed by atoms with Gasteiger partial charge in [0.1, 0.15) is 24.1 Å². The molecular weight excluding hydrogens is 518 g/mol. The van der Waals surface area contributed by atoms with Crippen molar-refractivity contribution in [1.29, 1.82) is 0 Å². The molecule has 3 rings (SSSR count). The molecule has 9 nitrogen and oxygen atoms in total. The first-order valence-electron chi connectivity index (χ1n) is 12.6. The molecule has 0 aliphatic heterocycles. The minimum Gasteiger partial charge on any atom is -0.497 e. The Hall–Kier alpha value is -4.05. The zero-order chi connectivity index (χ0) is 28.6. The maximum atomic E-state index is 13.9. The molecule has 0 heterocycles. The first-order valence-corrected chi connectivity index (χ1v) is 14.0. The van der Waals surface area contributed by atoms with Crippen molar-refractivity contribution in [3.8, 4) is 11.5 Å². The number of hydrogen-bond donors (Lipinski definition) is 1. The topological polar surface area (TPSA) is 105 Å². The number of carbonyl (C=O) groups excluding carboxylic acids is 2. The molecule has 3 aromatic carbocycles. The maximum absolute atomic E-state index is 13.9. The summed E-state index contributed by atoms with van der Waals surface area (Å²) in [6, 6.07) is 19.2. The summed E-state index contributed by atoms with van der Waals surface area (Å²) in [6.45, 7) is 5.38. The number of likely N-dealkylation sites (N-methyl/N-ethyl adjacent to an activating group) is 1. The van der Waals surface area contributed by atoms with Crippen molar-refractivity contribution in [2.24, 2.45) is 0 Å². The van der Waals surface area contributed by atoms with Crippen molar-refractivity contribution in [2.45, 2.75) is 38.3 Å². The number of carbonyl (C=O) groups is 2. The van der Waals surface area contributed by atoms with Gasteiger partial charge in [0.2, 0.25) is 11.8 Å². The van der Waals surface area contributed by atoms with Crippen LogP contribution in [-0.2, 0) is 26.2 Å². The maximum Gasteiger partial charge on any atom is 0.264 e. The van der Waals surface area contributed by atoms with Crippen LogP contribution < -0.4 is 19.1 Å². The van der Waals surface area contributed by atoms with Crippen molar-refractivity contribution in [2.75, 3.05) is 31.6 Å². The lowest BCUT2D eigenvalue weighted by Gasteiger charge is -2.31. The summed E-state index contributed by atoms with van der Waals surface area (Å²) >= 11 is 0. The van der Waals surface area contributed by atoms with Crippen LogP contribution in [0.2, 0.25) is 0 Å². The van der Waals surface area contributed by atoms with Crippen LogP contribution in [0.1, 0.15) is 25.0 Å². The average molecular weight is 554 g/mol. The van der Waals surface area contributed by atoms with E-state index >= 15 is 0 Å². The van der Waals surface area contributed by atoms with E-state index in [4.69, 9.17) is 9.47 Å². The zero-order valence-corrected chi connectivity index (χ0v) is 23.7. The van der Waals surface area contributed by atoms with Gasteiger partial charge in [0, 0.05) is 13.6 Å². The molecule has 0 aromatic heterocycles. The van der Waals surface area contributed by atoms with Crippen LogP contribution in [-0.4, -0.2) is 58.5 Å². The number of rotatable bonds is 12. The average Bonchev–Trinajstić information content (AvgIpc) is 2.95. The number of hydrogen-bond acceptors (Lipinski definition) is 6. The second-order valence-electron chi connectivity index (χ2n) is 8.91. The van der Waals surface area contributed by atoms with Crippen LogP contribution in [0.25, 0.3) is 0 Å². The predicted octanol–water partition coefficient (Wildman–Crippen LogP) is 3.76. The standard InChI is InChI=1S/C29H35N3O6S/c1-6-38-26-15-17-27(18-16-26)39(35,36)32(24-11-7-21(2)8-12-24)20-28(33)31(22(3)29(34)30-4)19-23-9-13-25(37-5)14-10-23/h7-18,22H,6,19-20H2,1-5H3,(H,30,34)/t22-/m1/s1. The Morgan fingerprint density at radius 2 is 1.51 bits per heavy atom. The summed E-state index contributed by atoms with van der Waals surface area (Å²) in [4.78, 5) is 27.8. The normalized spacial score (nSPS) is 11.8. The van der Waals surface area contributed by atoms with E-state index in [9.17, 15) is 18.0 Å². The van der Waals surface area contributed by atoms with E-state index in [2.05, 4.69) is 5.32 Å². The van der Waals surface area contributed by atoms with E-state index in [1.807, 2.05) is 13.8 Å². The predicted molar refractivity (Wildman–Crippen MR) is 150 cm³/mol. The van der Waals surface area contributed by atoms with E-state index in [1.54, 1.807) is 74.7 Å². The van der Waals surface area contributed by atoms with Gasteiger partial charge in [-0.05, 0) is 74.9 Å². The highest BCUT2D eigenvalue weighted by Gasteiger charge is 2.32. The highest BCUT2D eigenvalue weighted by atomic mass is 32.2. The zero-order valence-electron chi connectivity index (χ0n) is 22.9. The summed E-state index contributed by atoms with van der Waals surface area (Å²) < 4.78 is 39.4. The third-order valence-electron chi connectivity index (χ3n) is 6.25. The number of sulfonamides is 1. The molecule has 39 heavy (non-hydrogen) atoms. The molecular formula is C29H35N3O6S. The Balaban J connectivity index is 2.00. The Bertz CT molecular complexity index is 1360. The lowest BCUT2D eigenvalue weighted by molar-refractivity contribution is -0.139. The number of nitrogens with one attached hydrogen (secondary N) is 1. The fourth-order valence-corrected chi connectivity index (χ4v) is 5.37. The molecule has 0 aliphatic carbocycles. The van der Waals surface area contributed by atoms with Crippen molar-refractivity contribution >= 4 is 27.5 Å². The minimum absolute atomic E-state index is 0.0142. The van der Waals surface area contributed by atoms with Crippen LogP contribution in [0, 0.1) is 6.92 Å². The molecule has 0 fully saturated rings. The van der Waals surface area contributed by atoms with E-state index in [1.165, 1.54) is 24.1 Å². The first kappa shape index (κ1) is 29.5. The number of benzene rings is 3. The van der Waals surface area contributed by atoms with Crippen LogP contribution in [0.15, 0.2) is 77.7 Å². The smallest absolute Gasteiger partial charge is 0.264 e. The molecule has 3 aromatic rings. The molecule has 0 bridgehead atoms. The van der Waals surface area contributed by atoms with Gasteiger partial charge in [-0.25, -0.2) is 8.42 Å². The summed E-state index contributed by atoms with van der Waals surface area (Å²) in [5.74, 6) is 0.299. The lowest BCUT2D eigenvalue weighted by atomic mass is 10.1. The summed E-state index contributed by atoms with van der Waals surface area (Å²) in [6.07, 6.45) is 0. The molecule has 1 atom stereocenters. The quantitative estimate of drug-likeness (QED) is 0.366. The lowest BCUT2D eigenvalue weighted by Crippen LogP contribution is -2.50. The van der Waals surface area contributed by atoms with Crippen molar-refractivity contribution < 1.29 is 27.5 Å². The Labute approximate surface area is 230 Å². The van der Waals surface area contributed by atoms with Crippen LogP contribution in [0.4, 0.5) is 5.69 Å². The van der Waals surface area contributed by atoms with E-state index < -0.39 is 28.5 Å². The second kappa shape index (κ2) is 13.1. The van der Waals surface area contributed by atoms with Gasteiger partial charge in [-0.1, -0.05) is 29.8 Å². The summed E-state index contributed by atoms with van der Waals surface area (Å²) in [7, 11) is -1.10. The molecule has 2 amide bonds. The Morgan fingerprint density at radius 1 is 0.923 bits per heavy atom. The van der Waals surface area contributed by atoms with Gasteiger partial charge in [0.15, 0.2) is 0 Å². The minimum atomic E-state index is -4.15. The molecule has 1 N–H and O–H groups in total. The van der Waals surface area contributed by atoms with Gasteiger partial charge in [-0.3, -0.25) is 13.9 Å². The molecule has 0 saturated heterocycles. The van der Waals surface area contributed by atoms with Crippen molar-refractivity contribution in [3.63, 3.8) is 0 Å². The molecule has 208 valence electrons. The van der Waals surface area contributed by atoms with Gasteiger partial charge in [0.25, 0.3) is 10.0 Å². The van der Waals surface area contributed by atoms with Crippen molar-refractivity contribution in [3.05, 3.63) is 83.9 Å². The van der Waals surface area contributed by atoms with E-state index in [0.29, 0.717) is 23.8 Å². The highest BCUT2D eigenvalue weighted by molar-refractivity contribution is 7.92. The van der Waals surface area contributed by atoms with Crippen LogP contribution in [0.5, 0.6) is 11.5 Å². The van der Waals surface area contributed by atoms with Crippen LogP contribution in [0.3, 0.4) is 0 Å². The SMILES string of the molecule is CCOc1ccc(S(=O)(=O)N(CC(=O)N(Cc2ccc(OC)cc2)[C@H](C)C(=O)NC)c2ccc(C)cc2)cc1. The van der Waals surface area contributed by atoms with Gasteiger partial charge < -0.3 is 19.7 Å². The molecule has 0 saturated carbocycles. The third-order valence-corrected chi connectivity index (χ3v) is 8.04. The fourth-order valence-electron chi connectivity index (χ4n) is 3.96. The van der Waals surface area contributed by atoms with Crippen LogP contribution >= 0.6 is 0 Å². The number of methoxy groups -OCH3 is 1. The first-order chi connectivity index (χ1) is 18.6. The van der Waals surface area contributed by atoms with Gasteiger partial charge in [-0.15, -0.1) is 0 Å². The monoisotopic (exact) mass is 553 g/mol. The van der Waals surface area contributed by atoms with Gasteiger partial charge >= 0.3 is 0 Å². The van der Waals surface area contributed by atoms with E-state index in [-0.39, 0.29) is 17.3 Å². The molecule has 10 heteroatoms. The van der Waals surface area contributed by atoms with Gasteiger partial charge in [0.05, 0.1) is 24.3 Å². The number of ether oxygens (including phenoxy) is 2. The summed E-state index contributed by atoms with van der Waals surface area (Å²) in [5.41, 5.74) is 2.04. The molecule has 0 spiro atoms. The number of nitrogens with zero attached hydrogens (tertiary/aromatic N) is 2. The van der Waals surface area contributed by atoms with E-state index in [0.717, 1.165) is 15.4 Å². The number of anilines is 1. The molecule has 0 unspecified atom stereocenters. The number of aryl methyl sites for hydroxylation is 1. The fraction of sp³-hybridized carbons (Fsp3) is 0.310. The molecule has 0 aliphatic rings. The summed E-state index contributed by atoms with van der Waals surface area (Å²) in [5, 5.41) is 2.57. The third kappa shape index (κ3) is 7.29. The van der Waals surface area contributed by atoms with Gasteiger partial charge in [-0.2, -0.15) is 0 Å². The highest BCUT2D eigenvalue weighted by Crippen LogP contribution is 2.26. The van der Waals surface area contributed by atoms with Crippen molar-refractivity contribution in [1.82, 2.24) is 10.2 Å². The number of amides is 2.